The first-order valence-corrected chi connectivity index (χ1v) is 14.7. The second-order valence-electron chi connectivity index (χ2n) is 12.0. The van der Waals surface area contributed by atoms with Gasteiger partial charge in [-0.2, -0.15) is 0 Å². The summed E-state index contributed by atoms with van der Waals surface area (Å²) >= 11 is 0. The molecule has 0 bridgehead atoms. The van der Waals surface area contributed by atoms with E-state index in [1.54, 1.807) is 36.1 Å². The highest BCUT2D eigenvalue weighted by molar-refractivity contribution is 6.08. The number of ketones is 1. The van der Waals surface area contributed by atoms with Gasteiger partial charge < -0.3 is 34.8 Å². The smallest absolute Gasteiger partial charge is 0.344 e. The largest absolute Gasteiger partial charge is 0.493 e. The summed E-state index contributed by atoms with van der Waals surface area (Å²) in [4.78, 5) is 41.9. The van der Waals surface area contributed by atoms with Crippen LogP contribution in [0.15, 0.2) is 24.3 Å². The molecule has 1 saturated heterocycles. The number of hydrogen-bond donors (Lipinski definition) is 4. The van der Waals surface area contributed by atoms with Crippen LogP contribution in [0.3, 0.4) is 0 Å². The van der Waals surface area contributed by atoms with E-state index in [0.29, 0.717) is 72.1 Å². The fraction of sp³-hybridized carbons (Fsp3) is 0.500. The molecule has 0 saturated carbocycles. The average Bonchev–Trinajstić information content (AvgIpc) is 3.52. The molecule has 2 heterocycles. The van der Waals surface area contributed by atoms with Gasteiger partial charge in [0.05, 0.1) is 30.5 Å². The van der Waals surface area contributed by atoms with Crippen molar-refractivity contribution >= 4 is 41.6 Å². The number of carbonyl (C=O) groups is 3. The second kappa shape index (κ2) is 13.9. The van der Waals surface area contributed by atoms with E-state index in [2.05, 4.69) is 5.32 Å². The van der Waals surface area contributed by atoms with Crippen LogP contribution < -0.4 is 19.7 Å². The Morgan fingerprint density at radius 2 is 1.86 bits per heavy atom. The molecule has 12 heteroatoms. The van der Waals surface area contributed by atoms with Crippen LogP contribution in [0.4, 0.5) is 5.69 Å². The van der Waals surface area contributed by atoms with Crippen molar-refractivity contribution in [2.75, 3.05) is 38.2 Å². The van der Waals surface area contributed by atoms with E-state index >= 15 is 0 Å². The fourth-order valence-corrected chi connectivity index (χ4v) is 5.52. The third-order valence-corrected chi connectivity index (χ3v) is 7.85. The molecule has 240 valence electrons. The Hall–Kier alpha value is -3.83. The predicted octanol–water partition coefficient (Wildman–Crippen LogP) is 4.00. The van der Waals surface area contributed by atoms with Crippen LogP contribution in [0.25, 0.3) is 0 Å². The summed E-state index contributed by atoms with van der Waals surface area (Å²) in [5, 5.41) is 31.5. The number of aliphatic hydroxyl groups is 1. The zero-order valence-corrected chi connectivity index (χ0v) is 27.0. The fourth-order valence-electron chi connectivity index (χ4n) is 5.52. The first-order valence-electron chi connectivity index (χ1n) is 14.7. The van der Waals surface area contributed by atoms with Crippen molar-refractivity contribution in [1.82, 2.24) is 10.2 Å². The summed E-state index contributed by atoms with van der Waals surface area (Å²) in [6.45, 7) is 11.0. The first-order chi connectivity index (χ1) is 20.3. The number of β-amino-alcohol motifs (C(OH)–C–C–N with tert-alkyl or cyclic N) is 1. The Morgan fingerprint density at radius 3 is 2.41 bits per heavy atom. The van der Waals surface area contributed by atoms with Gasteiger partial charge in [-0.25, -0.2) is 4.79 Å². The highest BCUT2D eigenvalue weighted by Gasteiger charge is 2.34. The van der Waals surface area contributed by atoms with Crippen molar-refractivity contribution in [3.8, 4) is 11.5 Å². The molecule has 2 aromatic rings. The molecular formula is C32H43ClN4O7. The number of hydrogen-bond acceptors (Lipinski definition) is 8. The van der Waals surface area contributed by atoms with Crippen molar-refractivity contribution in [1.29, 1.82) is 5.41 Å². The third-order valence-electron chi connectivity index (χ3n) is 7.85. The molecule has 0 radical (unpaired) electrons. The lowest BCUT2D eigenvalue weighted by atomic mass is 9.84. The summed E-state index contributed by atoms with van der Waals surface area (Å²) < 4.78 is 11.8. The molecule has 2 aromatic carbocycles. The normalized spacial score (nSPS) is 16.7. The number of Topliss-reactive ketones (excluding diaryl/α,β-unsaturated/α-hetero) is 1. The summed E-state index contributed by atoms with van der Waals surface area (Å²) in [6.07, 6.45) is -0.814. The minimum atomic E-state index is -1.07. The highest BCUT2D eigenvalue weighted by atomic mass is 35.5. The number of benzene rings is 2. The monoisotopic (exact) mass is 630 g/mol. The molecule has 0 aromatic heterocycles. The quantitative estimate of drug-likeness (QED) is 0.270. The maximum Gasteiger partial charge on any atom is 0.344 e. The lowest BCUT2D eigenvalue weighted by Gasteiger charge is -2.31. The number of aliphatic carboxylic acids is 1. The molecule has 2 aliphatic rings. The Labute approximate surface area is 264 Å². The average molecular weight is 631 g/mol. The van der Waals surface area contributed by atoms with Crippen molar-refractivity contribution in [3.05, 3.63) is 52.1 Å². The Morgan fingerprint density at radius 1 is 1.16 bits per heavy atom. The molecule has 0 spiro atoms. The lowest BCUT2D eigenvalue weighted by Crippen LogP contribution is -2.32. The van der Waals surface area contributed by atoms with E-state index in [4.69, 9.17) is 14.9 Å². The summed E-state index contributed by atoms with van der Waals surface area (Å²) in [6, 6.07) is 6.87. The van der Waals surface area contributed by atoms with E-state index in [0.717, 1.165) is 5.56 Å². The lowest BCUT2D eigenvalue weighted by molar-refractivity contribution is -0.145. The van der Waals surface area contributed by atoms with Crippen LogP contribution in [-0.2, 0) is 16.8 Å². The summed E-state index contributed by atoms with van der Waals surface area (Å²) in [5.74, 6) is -0.650. The van der Waals surface area contributed by atoms with E-state index in [-0.39, 0.29) is 42.9 Å². The molecule has 1 fully saturated rings. The van der Waals surface area contributed by atoms with Gasteiger partial charge in [0.2, 0.25) is 0 Å². The maximum atomic E-state index is 13.9. The zero-order valence-electron chi connectivity index (χ0n) is 26.2. The Bertz CT molecular complexity index is 1440. The van der Waals surface area contributed by atoms with E-state index in [9.17, 15) is 24.6 Å². The number of carboxylic acid groups (broad SMARTS) is 1. The molecule has 2 atom stereocenters. The number of anilines is 1. The van der Waals surface area contributed by atoms with Crippen molar-refractivity contribution in [2.45, 2.75) is 71.6 Å². The second-order valence-corrected chi connectivity index (χ2v) is 12.0. The van der Waals surface area contributed by atoms with Gasteiger partial charge in [-0.3, -0.25) is 15.0 Å². The number of carboxylic acids is 1. The molecule has 0 aliphatic carbocycles. The first kappa shape index (κ1) is 34.7. The van der Waals surface area contributed by atoms with Crippen LogP contribution >= 0.6 is 12.4 Å². The topological polar surface area (TPSA) is 152 Å². The van der Waals surface area contributed by atoms with Crippen LogP contribution in [0.5, 0.6) is 11.5 Å². The molecule has 44 heavy (non-hydrogen) atoms. The van der Waals surface area contributed by atoms with Gasteiger partial charge in [-0.1, -0.05) is 27.7 Å². The van der Waals surface area contributed by atoms with Crippen LogP contribution in [-0.4, -0.2) is 84.1 Å². The van der Waals surface area contributed by atoms with E-state index in [1.165, 1.54) is 7.05 Å². The minimum absolute atomic E-state index is 0. The number of halogens is 1. The molecular weight excluding hydrogens is 588 g/mol. The number of nitrogens with one attached hydrogen (secondary N) is 2. The Kier molecular flexibility index (Phi) is 10.9. The van der Waals surface area contributed by atoms with Gasteiger partial charge >= 0.3 is 5.97 Å². The van der Waals surface area contributed by atoms with Crippen molar-refractivity contribution in [3.63, 3.8) is 0 Å². The number of nitrogens with zero attached hydrogens (tertiary/aromatic N) is 2. The molecule has 1 amide bonds. The Balaban J connectivity index is 0.00000529. The standard InChI is InChI=1S/C32H42N4O7.ClH/c1-7-26(31(40)41)43-28-23(32(3,4)5)11-18(12-24(28)35-10-9-20(37)16-35)25(38)17-36-15-19-13-27(42-8-2)22(30(39)34-6)14-21(19)29(36)33;/h11-14,20,26,33,37H,7-10,15-17H2,1-6H3,(H,34,39)(H,40,41);1H. The number of amidine groups is 1. The number of rotatable bonds is 11. The molecule has 4 rings (SSSR count). The third kappa shape index (κ3) is 7.10. The number of carbonyl (C=O) groups excluding carboxylic acids is 2. The molecule has 11 nitrogen and oxygen atoms in total. The van der Waals surface area contributed by atoms with Crippen LogP contribution in [0.1, 0.15) is 84.9 Å². The zero-order chi connectivity index (χ0) is 31.6. The van der Waals surface area contributed by atoms with Gasteiger partial charge in [0.15, 0.2) is 11.9 Å². The van der Waals surface area contributed by atoms with Gasteiger partial charge in [-0.15, -0.1) is 12.4 Å². The molecule has 2 aliphatic heterocycles. The number of amides is 1. The van der Waals surface area contributed by atoms with Gasteiger partial charge in [0.1, 0.15) is 17.3 Å². The predicted molar refractivity (Wildman–Crippen MR) is 170 cm³/mol. The minimum Gasteiger partial charge on any atom is -0.493 e. The molecule has 2 unspecified atom stereocenters. The summed E-state index contributed by atoms with van der Waals surface area (Å²) in [5.41, 5.74) is 2.85. The highest BCUT2D eigenvalue weighted by Crippen LogP contribution is 2.42. The van der Waals surface area contributed by atoms with Crippen LogP contribution in [0, 0.1) is 5.41 Å². The van der Waals surface area contributed by atoms with Crippen molar-refractivity contribution in [2.24, 2.45) is 0 Å². The number of fused-ring (bicyclic) bond motifs is 1. The van der Waals surface area contributed by atoms with Crippen LogP contribution in [0.2, 0.25) is 0 Å². The SMILES string of the molecule is CCOc1cc2c(cc1C(=O)NC)C(=N)N(CC(=O)c1cc(N3CCC(O)C3)c(OC(CC)C(=O)O)c(C(C)(C)C)c1)C2.Cl. The van der Waals surface area contributed by atoms with E-state index in [1.807, 2.05) is 32.6 Å². The van der Waals surface area contributed by atoms with Gasteiger partial charge in [0.25, 0.3) is 5.91 Å². The maximum absolute atomic E-state index is 13.9. The van der Waals surface area contributed by atoms with Crippen molar-refractivity contribution < 1.29 is 34.1 Å². The number of ether oxygens (including phenoxy) is 2. The van der Waals surface area contributed by atoms with Gasteiger partial charge in [0, 0.05) is 43.4 Å². The summed E-state index contributed by atoms with van der Waals surface area (Å²) in [7, 11) is 1.53. The van der Waals surface area contributed by atoms with E-state index < -0.39 is 23.6 Å². The number of aliphatic hydroxyl groups excluding tert-OH is 1. The van der Waals surface area contributed by atoms with Gasteiger partial charge in [-0.05, 0) is 55.0 Å². The molecule has 4 N–H and O–H groups in total.